The van der Waals surface area contributed by atoms with Crippen molar-refractivity contribution in [3.8, 4) is 5.69 Å². The van der Waals surface area contributed by atoms with E-state index in [1.54, 1.807) is 0 Å². The lowest BCUT2D eigenvalue weighted by Gasteiger charge is -2.21. The second-order valence-corrected chi connectivity index (χ2v) is 18.1. The van der Waals surface area contributed by atoms with Gasteiger partial charge in [0.25, 0.3) is 0 Å². The molecule has 4 heteroatoms. The van der Waals surface area contributed by atoms with Crippen LogP contribution < -0.4 is 0 Å². The Labute approximate surface area is 386 Å². The summed E-state index contributed by atoms with van der Waals surface area (Å²) in [5.41, 5.74) is 9.95. The number of aromatic nitrogens is 1. The summed E-state index contributed by atoms with van der Waals surface area (Å²) in [5.74, 6) is 0.740. The fraction of sp³-hybridized carbons (Fsp3) is 0.0476. The van der Waals surface area contributed by atoms with Gasteiger partial charge in [-0.15, -0.1) is 0 Å². The van der Waals surface area contributed by atoms with Gasteiger partial charge in [0.15, 0.2) is 5.84 Å². The monoisotopic (exact) mass is 855 g/mol. The molecule has 67 heavy (non-hydrogen) atoms. The zero-order valence-corrected chi connectivity index (χ0v) is 36.7. The number of furan rings is 1. The third-order valence-corrected chi connectivity index (χ3v) is 14.2. The minimum absolute atomic E-state index is 0.0679. The Morgan fingerprint density at radius 2 is 1.03 bits per heavy atom. The van der Waals surface area contributed by atoms with E-state index in [2.05, 4.69) is 224 Å². The predicted molar refractivity (Wildman–Crippen MR) is 283 cm³/mol. The van der Waals surface area contributed by atoms with E-state index in [9.17, 15) is 0 Å². The summed E-state index contributed by atoms with van der Waals surface area (Å²) in [5, 5.41) is 16.4. The number of nitrogens with zero attached hydrogens (tertiary/aromatic N) is 3. The Kier molecular flexibility index (Phi) is 8.29. The van der Waals surface area contributed by atoms with Gasteiger partial charge < -0.3 is 8.98 Å². The van der Waals surface area contributed by atoms with E-state index in [-0.39, 0.29) is 5.92 Å². The molecule has 0 bridgehead atoms. The standard InChI is InChI=1S/C63H41N3O/c1-38-22-29-54(64-63(65-62(38)47-26-23-39-12-2-3-14-41(39)32-47)48-27-28-50-46(33-48)25-24-40-13-8-9-19-49(40)50)61-56(30-31-58-60(61)53-35-43-16-5-7-18-45(43)37-59(53)67-58)66-55-21-11-10-20-51(55)52-34-42-15-4-6-17-44(42)36-57(52)66/h2-21,23-38H,22H2,1H3/b54-29+,64-63?,65-62?. The molecule has 14 rings (SSSR count). The SMILES string of the molecule is CC1C/C=C(\c2c(-n3c4ccccc4c4cc5ccccc5cc43)ccc3oc4cc5ccccc5cc4c23)N=C(c2ccc3c(ccc4ccccc43)c2)N=C1c1ccc2ccccc2c1. The Balaban J connectivity index is 1.09. The van der Waals surface area contributed by atoms with Gasteiger partial charge in [0.1, 0.15) is 11.2 Å². The molecule has 1 unspecified atom stereocenters. The van der Waals surface area contributed by atoms with Gasteiger partial charge in [0, 0.05) is 38.6 Å². The van der Waals surface area contributed by atoms with E-state index in [0.29, 0.717) is 5.84 Å². The van der Waals surface area contributed by atoms with Gasteiger partial charge in [-0.2, -0.15) is 0 Å². The number of amidine groups is 1. The van der Waals surface area contributed by atoms with Crippen molar-refractivity contribution in [1.82, 2.24) is 4.57 Å². The number of benzene rings is 11. The lowest BCUT2D eigenvalue weighted by atomic mass is 9.91. The maximum Gasteiger partial charge on any atom is 0.160 e. The largest absolute Gasteiger partial charge is 0.456 e. The quantitative estimate of drug-likeness (QED) is 0.163. The molecule has 0 fully saturated rings. The first-order chi connectivity index (χ1) is 33.1. The van der Waals surface area contributed by atoms with Crippen molar-refractivity contribution in [3.63, 3.8) is 0 Å². The van der Waals surface area contributed by atoms with Crippen LogP contribution in [0.1, 0.15) is 30.0 Å². The average Bonchev–Trinajstić information content (AvgIpc) is 3.90. The van der Waals surface area contributed by atoms with E-state index in [1.165, 1.54) is 48.5 Å². The van der Waals surface area contributed by atoms with Gasteiger partial charge in [-0.05, 0) is 120 Å². The van der Waals surface area contributed by atoms with Crippen molar-refractivity contribution in [2.24, 2.45) is 15.9 Å². The van der Waals surface area contributed by atoms with Crippen LogP contribution in [0.4, 0.5) is 0 Å². The first-order valence-corrected chi connectivity index (χ1v) is 23.2. The Morgan fingerprint density at radius 1 is 0.433 bits per heavy atom. The zero-order valence-electron chi connectivity index (χ0n) is 36.7. The van der Waals surface area contributed by atoms with Crippen molar-refractivity contribution < 1.29 is 4.42 Å². The number of allylic oxidation sites excluding steroid dienone is 1. The molecule has 0 saturated carbocycles. The van der Waals surface area contributed by atoms with Crippen molar-refractivity contribution in [1.29, 1.82) is 0 Å². The normalized spacial score (nSPS) is 15.5. The van der Waals surface area contributed by atoms with Crippen LogP contribution in [0.25, 0.3) is 109 Å². The number of para-hydroxylation sites is 1. The lowest BCUT2D eigenvalue weighted by Crippen LogP contribution is -2.17. The van der Waals surface area contributed by atoms with Crippen LogP contribution in [0.2, 0.25) is 0 Å². The highest BCUT2D eigenvalue weighted by atomic mass is 16.3. The van der Waals surface area contributed by atoms with Crippen LogP contribution in [0, 0.1) is 5.92 Å². The minimum atomic E-state index is 0.0679. The second-order valence-electron chi connectivity index (χ2n) is 18.1. The van der Waals surface area contributed by atoms with Gasteiger partial charge >= 0.3 is 0 Å². The summed E-state index contributed by atoms with van der Waals surface area (Å²) in [6.07, 6.45) is 3.09. The topological polar surface area (TPSA) is 42.8 Å². The molecular formula is C63H41N3O. The van der Waals surface area contributed by atoms with Crippen molar-refractivity contribution in [2.75, 3.05) is 0 Å². The van der Waals surface area contributed by atoms with Crippen LogP contribution in [0.3, 0.4) is 0 Å². The molecule has 2 aromatic heterocycles. The fourth-order valence-corrected chi connectivity index (χ4v) is 10.8. The van der Waals surface area contributed by atoms with E-state index < -0.39 is 0 Å². The van der Waals surface area contributed by atoms with E-state index in [4.69, 9.17) is 14.4 Å². The van der Waals surface area contributed by atoms with Crippen LogP contribution in [0.5, 0.6) is 0 Å². The number of hydrogen-bond acceptors (Lipinski definition) is 3. The molecular weight excluding hydrogens is 815 g/mol. The first-order valence-electron chi connectivity index (χ1n) is 23.2. The van der Waals surface area contributed by atoms with Gasteiger partial charge in [0.05, 0.1) is 28.1 Å². The maximum absolute atomic E-state index is 6.87. The third kappa shape index (κ3) is 6.00. The van der Waals surface area contributed by atoms with Crippen LogP contribution in [-0.4, -0.2) is 16.1 Å². The molecule has 0 aliphatic carbocycles. The molecule has 4 nitrogen and oxygen atoms in total. The molecule has 314 valence electrons. The van der Waals surface area contributed by atoms with Crippen LogP contribution in [0.15, 0.2) is 227 Å². The minimum Gasteiger partial charge on any atom is -0.456 e. The van der Waals surface area contributed by atoms with E-state index >= 15 is 0 Å². The molecule has 11 aromatic carbocycles. The molecule has 3 heterocycles. The number of fused-ring (bicyclic) bond motifs is 12. The van der Waals surface area contributed by atoms with Crippen molar-refractivity contribution >= 4 is 115 Å². The molecule has 1 atom stereocenters. The molecule has 0 radical (unpaired) electrons. The number of aliphatic imine (C=N–C) groups is 2. The molecule has 13 aromatic rings. The first kappa shape index (κ1) is 37.7. The Bertz CT molecular complexity index is 4330. The number of rotatable bonds is 4. The van der Waals surface area contributed by atoms with Crippen LogP contribution in [-0.2, 0) is 0 Å². The Hall–Kier alpha value is -8.60. The predicted octanol–water partition coefficient (Wildman–Crippen LogP) is 16.8. The lowest BCUT2D eigenvalue weighted by molar-refractivity contribution is 0.669. The summed E-state index contributed by atoms with van der Waals surface area (Å²) in [6, 6.07) is 74.6. The molecule has 1 aliphatic heterocycles. The third-order valence-electron chi connectivity index (χ3n) is 14.2. The summed E-state index contributed by atoms with van der Waals surface area (Å²) >= 11 is 0. The average molecular weight is 856 g/mol. The fourth-order valence-electron chi connectivity index (χ4n) is 10.8. The molecule has 0 amide bonds. The highest BCUT2D eigenvalue weighted by Gasteiger charge is 2.26. The smallest absolute Gasteiger partial charge is 0.160 e. The van der Waals surface area contributed by atoms with E-state index in [0.717, 1.165) is 89.3 Å². The van der Waals surface area contributed by atoms with Gasteiger partial charge in [-0.25, -0.2) is 9.98 Å². The summed E-state index contributed by atoms with van der Waals surface area (Å²) in [4.78, 5) is 11.5. The summed E-state index contributed by atoms with van der Waals surface area (Å²) in [7, 11) is 0. The van der Waals surface area contributed by atoms with Crippen molar-refractivity contribution in [3.05, 3.63) is 229 Å². The molecule has 0 saturated heterocycles. The Morgan fingerprint density at radius 3 is 1.84 bits per heavy atom. The molecule has 1 aliphatic rings. The maximum atomic E-state index is 6.87. The summed E-state index contributed by atoms with van der Waals surface area (Å²) < 4.78 is 9.32. The molecule has 0 spiro atoms. The van der Waals surface area contributed by atoms with Gasteiger partial charge in [-0.3, -0.25) is 0 Å². The highest BCUT2D eigenvalue weighted by Crippen LogP contribution is 2.44. The zero-order chi connectivity index (χ0) is 44.2. The van der Waals surface area contributed by atoms with Crippen molar-refractivity contribution in [2.45, 2.75) is 13.3 Å². The van der Waals surface area contributed by atoms with Gasteiger partial charge in [0.2, 0.25) is 0 Å². The second kappa shape index (κ2) is 14.7. The highest BCUT2D eigenvalue weighted by molar-refractivity contribution is 6.21. The number of hydrogen-bond donors (Lipinski definition) is 0. The van der Waals surface area contributed by atoms with Crippen LogP contribution >= 0.6 is 0 Å². The summed E-state index contributed by atoms with van der Waals surface area (Å²) in [6.45, 7) is 2.30. The van der Waals surface area contributed by atoms with E-state index in [1.807, 2.05) is 0 Å². The van der Waals surface area contributed by atoms with Gasteiger partial charge in [-0.1, -0.05) is 165 Å². The molecule has 0 N–H and O–H groups in total.